The molecule has 25 heavy (non-hydrogen) atoms. The fraction of sp³-hybridized carbons (Fsp3) is 0.500. The summed E-state index contributed by atoms with van der Waals surface area (Å²) in [5.74, 6) is -0.0876. The Kier molecular flexibility index (Phi) is 6.01. The highest BCUT2D eigenvalue weighted by molar-refractivity contribution is 5.96. The first-order valence-electron chi connectivity index (χ1n) is 8.75. The number of phenolic OH excluding ortho intramolecular Hbond substituents is 1. The minimum atomic E-state index is -0.424. The lowest BCUT2D eigenvalue weighted by Gasteiger charge is -2.39. The summed E-state index contributed by atoms with van der Waals surface area (Å²) in [6, 6.07) is 6.14. The van der Waals surface area contributed by atoms with E-state index in [0.29, 0.717) is 6.42 Å². The predicted molar refractivity (Wildman–Crippen MR) is 98.0 cm³/mol. The van der Waals surface area contributed by atoms with Gasteiger partial charge in [-0.1, -0.05) is 45.1 Å². The molecule has 0 heterocycles. The van der Waals surface area contributed by atoms with Gasteiger partial charge in [-0.3, -0.25) is 15.0 Å². The third kappa shape index (κ3) is 4.69. The maximum Gasteiger partial charge on any atom is 0.269 e. The molecule has 0 aliphatic heterocycles. The van der Waals surface area contributed by atoms with E-state index in [1.54, 1.807) is 18.2 Å². The molecule has 1 amide bonds. The van der Waals surface area contributed by atoms with Crippen LogP contribution in [0.2, 0.25) is 0 Å². The molecule has 0 radical (unpaired) electrons. The Bertz CT molecular complexity index is 667. The van der Waals surface area contributed by atoms with Crippen LogP contribution in [-0.2, 0) is 4.79 Å². The van der Waals surface area contributed by atoms with Gasteiger partial charge in [0.15, 0.2) is 0 Å². The molecule has 1 aromatic carbocycles. The molecule has 5 nitrogen and oxygen atoms in total. The number of rotatable bonds is 6. The lowest BCUT2D eigenvalue weighted by Crippen LogP contribution is -2.46. The van der Waals surface area contributed by atoms with Crippen molar-refractivity contribution >= 4 is 11.7 Å². The number of hydrazine groups is 1. The van der Waals surface area contributed by atoms with E-state index in [0.717, 1.165) is 6.42 Å². The normalized spacial score (nSPS) is 23.0. The van der Waals surface area contributed by atoms with Crippen molar-refractivity contribution in [3.63, 3.8) is 0 Å². The van der Waals surface area contributed by atoms with Gasteiger partial charge in [-0.2, -0.15) is 0 Å². The minimum absolute atomic E-state index is 0.0179. The molecule has 5 heteroatoms. The molecule has 1 aromatic rings. The summed E-state index contributed by atoms with van der Waals surface area (Å²) in [6.45, 7) is 8.21. The van der Waals surface area contributed by atoms with Crippen LogP contribution in [-0.4, -0.2) is 22.8 Å². The summed E-state index contributed by atoms with van der Waals surface area (Å²) >= 11 is 0. The number of carbonyl (C=O) groups is 2. The van der Waals surface area contributed by atoms with Crippen LogP contribution in [0.3, 0.4) is 0 Å². The largest absolute Gasteiger partial charge is 0.507 e. The molecule has 0 aromatic heterocycles. The van der Waals surface area contributed by atoms with Crippen molar-refractivity contribution in [2.24, 2.45) is 17.3 Å². The maximum absolute atomic E-state index is 12.8. The quantitative estimate of drug-likeness (QED) is 0.547. The van der Waals surface area contributed by atoms with Gasteiger partial charge in [0.25, 0.3) is 5.91 Å². The van der Waals surface area contributed by atoms with E-state index in [9.17, 15) is 14.7 Å². The Labute approximate surface area is 149 Å². The highest BCUT2D eigenvalue weighted by Crippen LogP contribution is 2.41. The highest BCUT2D eigenvalue weighted by atomic mass is 16.3. The molecule has 0 fully saturated rings. The van der Waals surface area contributed by atoms with Gasteiger partial charge in [-0.15, -0.1) is 0 Å². The molecule has 1 aliphatic carbocycles. The van der Waals surface area contributed by atoms with Crippen molar-refractivity contribution in [3.05, 3.63) is 42.0 Å². The number of phenols is 1. The standard InChI is InChI=1S/C20H28N2O3/c1-13-8-7-11-20(3,4)18(13)17(24)12-14(2)21-22-19(25)15-9-5-6-10-16(15)23/h5-10,13-14,18,21,23H,11-12H2,1-4H3,(H,22,25)/t13-,14+,18-/m0/s1. The number of amides is 1. The first-order valence-corrected chi connectivity index (χ1v) is 8.75. The van der Waals surface area contributed by atoms with E-state index in [1.165, 1.54) is 6.07 Å². The molecule has 136 valence electrons. The van der Waals surface area contributed by atoms with Crippen LogP contribution in [0.25, 0.3) is 0 Å². The molecule has 0 spiro atoms. The van der Waals surface area contributed by atoms with Gasteiger partial charge in [-0.05, 0) is 36.8 Å². The number of hydrogen-bond donors (Lipinski definition) is 3. The van der Waals surface area contributed by atoms with Crippen molar-refractivity contribution in [3.8, 4) is 5.75 Å². The van der Waals surface area contributed by atoms with Crippen molar-refractivity contribution in [2.45, 2.75) is 46.6 Å². The topological polar surface area (TPSA) is 78.4 Å². The molecular weight excluding hydrogens is 316 g/mol. The van der Waals surface area contributed by atoms with Crippen molar-refractivity contribution in [1.82, 2.24) is 10.9 Å². The van der Waals surface area contributed by atoms with Crippen LogP contribution in [0.1, 0.15) is 50.9 Å². The van der Waals surface area contributed by atoms with Crippen LogP contribution in [0.15, 0.2) is 36.4 Å². The maximum atomic E-state index is 12.8. The zero-order valence-corrected chi connectivity index (χ0v) is 15.4. The number of para-hydroxylation sites is 1. The Morgan fingerprint density at radius 1 is 1.32 bits per heavy atom. The number of ketones is 1. The van der Waals surface area contributed by atoms with Gasteiger partial charge in [0, 0.05) is 18.4 Å². The van der Waals surface area contributed by atoms with E-state index in [-0.39, 0.29) is 40.4 Å². The Morgan fingerprint density at radius 3 is 2.64 bits per heavy atom. The Morgan fingerprint density at radius 2 is 2.00 bits per heavy atom. The van der Waals surface area contributed by atoms with Gasteiger partial charge in [-0.25, -0.2) is 5.43 Å². The zero-order chi connectivity index (χ0) is 18.6. The van der Waals surface area contributed by atoms with Crippen LogP contribution >= 0.6 is 0 Å². The third-order valence-corrected chi connectivity index (χ3v) is 4.89. The zero-order valence-electron chi connectivity index (χ0n) is 15.4. The van der Waals surface area contributed by atoms with E-state index in [2.05, 4.69) is 43.8 Å². The number of carbonyl (C=O) groups excluding carboxylic acids is 2. The van der Waals surface area contributed by atoms with Gasteiger partial charge in [0.2, 0.25) is 0 Å². The lowest BCUT2D eigenvalue weighted by atomic mass is 9.65. The Balaban J connectivity index is 1.90. The molecule has 0 saturated carbocycles. The summed E-state index contributed by atoms with van der Waals surface area (Å²) in [7, 11) is 0. The molecule has 1 aliphatic rings. The molecule has 0 bridgehead atoms. The number of nitrogens with one attached hydrogen (secondary N) is 2. The fourth-order valence-electron chi connectivity index (χ4n) is 3.67. The Hall–Kier alpha value is -2.14. The molecule has 2 rings (SSSR count). The molecule has 0 saturated heterocycles. The second-order valence-corrected chi connectivity index (χ2v) is 7.64. The SMILES string of the molecule is C[C@H](CC(=O)[C@@H]1[C@@H](C)C=CCC1(C)C)NNC(=O)c1ccccc1O. The van der Waals surface area contributed by atoms with Crippen molar-refractivity contribution in [1.29, 1.82) is 0 Å². The predicted octanol–water partition coefficient (Wildman–Crippen LogP) is 3.21. The average molecular weight is 344 g/mol. The minimum Gasteiger partial charge on any atom is -0.507 e. The van der Waals surface area contributed by atoms with Crippen molar-refractivity contribution < 1.29 is 14.7 Å². The van der Waals surface area contributed by atoms with Gasteiger partial charge in [0.1, 0.15) is 11.5 Å². The monoisotopic (exact) mass is 344 g/mol. The lowest BCUT2D eigenvalue weighted by molar-refractivity contribution is -0.128. The van der Waals surface area contributed by atoms with E-state index < -0.39 is 5.91 Å². The van der Waals surface area contributed by atoms with E-state index in [1.807, 2.05) is 6.92 Å². The smallest absolute Gasteiger partial charge is 0.269 e. The number of hydrogen-bond acceptors (Lipinski definition) is 4. The average Bonchev–Trinajstić information content (AvgIpc) is 2.52. The van der Waals surface area contributed by atoms with Gasteiger partial charge >= 0.3 is 0 Å². The second-order valence-electron chi connectivity index (χ2n) is 7.64. The number of benzene rings is 1. The first kappa shape index (κ1) is 19.2. The molecule has 3 N–H and O–H groups in total. The third-order valence-electron chi connectivity index (χ3n) is 4.89. The molecular formula is C20H28N2O3. The molecule has 0 unspecified atom stereocenters. The number of aromatic hydroxyl groups is 1. The summed E-state index contributed by atoms with van der Waals surface area (Å²) < 4.78 is 0. The first-order chi connectivity index (χ1) is 11.7. The van der Waals surface area contributed by atoms with Gasteiger partial charge in [0.05, 0.1) is 5.56 Å². The van der Waals surface area contributed by atoms with Gasteiger partial charge < -0.3 is 5.11 Å². The number of allylic oxidation sites excluding steroid dienone is 2. The van der Waals surface area contributed by atoms with E-state index >= 15 is 0 Å². The summed E-state index contributed by atoms with van der Waals surface area (Å²) in [6.07, 6.45) is 5.52. The van der Waals surface area contributed by atoms with Crippen LogP contribution in [0.5, 0.6) is 5.75 Å². The van der Waals surface area contributed by atoms with E-state index in [4.69, 9.17) is 0 Å². The van der Waals surface area contributed by atoms with Crippen LogP contribution in [0.4, 0.5) is 0 Å². The fourth-order valence-corrected chi connectivity index (χ4v) is 3.67. The second kappa shape index (κ2) is 7.83. The number of Topliss-reactive ketones (excluding diaryl/α,β-unsaturated/α-hetero) is 1. The van der Waals surface area contributed by atoms with Crippen LogP contribution < -0.4 is 10.9 Å². The van der Waals surface area contributed by atoms with Crippen LogP contribution in [0, 0.1) is 17.3 Å². The summed E-state index contributed by atoms with van der Waals surface area (Å²) in [5.41, 5.74) is 5.58. The summed E-state index contributed by atoms with van der Waals surface area (Å²) in [5, 5.41) is 9.70. The molecule has 3 atom stereocenters. The summed E-state index contributed by atoms with van der Waals surface area (Å²) in [4.78, 5) is 24.9. The highest BCUT2D eigenvalue weighted by Gasteiger charge is 2.39. The van der Waals surface area contributed by atoms with Crippen molar-refractivity contribution in [2.75, 3.05) is 0 Å².